The number of aryl methyl sites for hydroxylation is 1. The van der Waals surface area contributed by atoms with Gasteiger partial charge in [0.1, 0.15) is 5.25 Å². The minimum Gasteiger partial charge on any atom is -0.372 e. The summed E-state index contributed by atoms with van der Waals surface area (Å²) in [6.07, 6.45) is 6.18. The van der Waals surface area contributed by atoms with Crippen LogP contribution >= 0.6 is 0 Å². The zero-order valence-corrected chi connectivity index (χ0v) is 12.9. The topological polar surface area (TPSA) is 43.4 Å². The lowest BCUT2D eigenvalue weighted by molar-refractivity contribution is 0.0623. The van der Waals surface area contributed by atoms with E-state index in [0.29, 0.717) is 11.5 Å². The first-order valence-electron chi connectivity index (χ1n) is 7.14. The quantitative estimate of drug-likeness (QED) is 0.783. The molecule has 0 spiro atoms. The minimum atomic E-state index is -3.37. The van der Waals surface area contributed by atoms with Crippen LogP contribution in [-0.4, -0.2) is 26.4 Å². The fraction of sp³-hybridized carbons (Fsp3) is 0.500. The van der Waals surface area contributed by atoms with E-state index in [9.17, 15) is 8.42 Å². The molecule has 0 saturated carbocycles. The fourth-order valence-corrected chi connectivity index (χ4v) is 4.19. The first-order valence-corrected chi connectivity index (χ1v) is 8.69. The number of unbranched alkanes of at least 4 members (excludes halogenated alkanes) is 1. The van der Waals surface area contributed by atoms with Gasteiger partial charge in [-0.2, -0.15) is 0 Å². The highest BCUT2D eigenvalue weighted by Gasteiger charge is 2.34. The number of rotatable bonds is 5. The van der Waals surface area contributed by atoms with Crippen molar-refractivity contribution in [1.29, 1.82) is 0 Å². The molecule has 0 saturated heterocycles. The molecule has 2 atom stereocenters. The third-order valence-electron chi connectivity index (χ3n) is 3.65. The maximum Gasteiger partial charge on any atom is 0.187 e. The highest BCUT2D eigenvalue weighted by Crippen LogP contribution is 2.26. The van der Waals surface area contributed by atoms with E-state index in [1.54, 1.807) is 24.3 Å². The Hall–Kier alpha value is -1.13. The van der Waals surface area contributed by atoms with E-state index in [2.05, 4.69) is 6.92 Å². The molecule has 0 bridgehead atoms. The summed E-state index contributed by atoms with van der Waals surface area (Å²) in [6, 6.07) is 7.04. The van der Waals surface area contributed by atoms with Gasteiger partial charge in [0.15, 0.2) is 9.84 Å². The predicted molar refractivity (Wildman–Crippen MR) is 80.6 cm³/mol. The summed E-state index contributed by atoms with van der Waals surface area (Å²) in [5.41, 5.74) is 1.06. The van der Waals surface area contributed by atoms with Crippen molar-refractivity contribution in [1.82, 2.24) is 0 Å². The molecule has 0 aromatic heterocycles. The molecule has 1 heterocycles. The van der Waals surface area contributed by atoms with E-state index in [1.165, 1.54) is 0 Å². The Morgan fingerprint density at radius 3 is 2.60 bits per heavy atom. The second-order valence-corrected chi connectivity index (χ2v) is 7.37. The lowest BCUT2D eigenvalue weighted by atomic mass is 10.1. The van der Waals surface area contributed by atoms with Crippen molar-refractivity contribution < 1.29 is 13.2 Å². The Kier molecular flexibility index (Phi) is 5.00. The van der Waals surface area contributed by atoms with Gasteiger partial charge in [0.05, 0.1) is 17.6 Å². The van der Waals surface area contributed by atoms with E-state index >= 15 is 0 Å². The highest BCUT2D eigenvalue weighted by molar-refractivity contribution is 7.92. The zero-order valence-electron chi connectivity index (χ0n) is 12.1. The van der Waals surface area contributed by atoms with E-state index < -0.39 is 15.1 Å². The molecule has 1 aromatic rings. The summed E-state index contributed by atoms with van der Waals surface area (Å²) in [5.74, 6) is 0. The van der Waals surface area contributed by atoms with E-state index in [-0.39, 0.29) is 6.10 Å². The molecule has 0 N–H and O–H groups in total. The van der Waals surface area contributed by atoms with Gasteiger partial charge >= 0.3 is 0 Å². The van der Waals surface area contributed by atoms with Gasteiger partial charge in [-0.15, -0.1) is 0 Å². The Balaban J connectivity index is 2.28. The van der Waals surface area contributed by atoms with Gasteiger partial charge in [-0.05, 0) is 25.5 Å². The summed E-state index contributed by atoms with van der Waals surface area (Å²) >= 11 is 0. The van der Waals surface area contributed by atoms with Gasteiger partial charge in [0.25, 0.3) is 0 Å². The predicted octanol–water partition coefficient (Wildman–Crippen LogP) is 3.28. The minimum absolute atomic E-state index is 0.230. The van der Waals surface area contributed by atoms with Gasteiger partial charge in [-0.1, -0.05) is 49.6 Å². The largest absolute Gasteiger partial charge is 0.372 e. The van der Waals surface area contributed by atoms with Gasteiger partial charge < -0.3 is 4.74 Å². The fourth-order valence-electron chi connectivity index (χ4n) is 2.43. The molecule has 2 rings (SSSR count). The molecule has 4 heteroatoms. The number of hydrogen-bond donors (Lipinski definition) is 0. The molecule has 0 aliphatic carbocycles. The molecule has 3 nitrogen and oxygen atoms in total. The molecule has 110 valence electrons. The maximum atomic E-state index is 12.7. The van der Waals surface area contributed by atoms with Crippen LogP contribution in [-0.2, 0) is 14.6 Å². The van der Waals surface area contributed by atoms with Crippen LogP contribution in [0.2, 0.25) is 0 Å². The van der Waals surface area contributed by atoms with Crippen molar-refractivity contribution >= 4 is 9.84 Å². The van der Waals surface area contributed by atoms with Crippen LogP contribution < -0.4 is 0 Å². The van der Waals surface area contributed by atoms with Crippen molar-refractivity contribution in [3.8, 4) is 0 Å². The van der Waals surface area contributed by atoms with Crippen LogP contribution in [0, 0.1) is 6.92 Å². The SMILES string of the molecule is CCCC[C@H]1OCC=C[C@H]1S(=O)(=O)c1ccc(C)cc1. The lowest BCUT2D eigenvalue weighted by Crippen LogP contribution is -2.37. The molecule has 1 aliphatic heterocycles. The summed E-state index contributed by atoms with van der Waals surface area (Å²) in [6.45, 7) is 4.56. The van der Waals surface area contributed by atoms with Crippen molar-refractivity contribution in [3.05, 3.63) is 42.0 Å². The van der Waals surface area contributed by atoms with Crippen molar-refractivity contribution in [2.24, 2.45) is 0 Å². The molecule has 20 heavy (non-hydrogen) atoms. The number of sulfone groups is 1. The first-order chi connectivity index (χ1) is 9.55. The lowest BCUT2D eigenvalue weighted by Gasteiger charge is -2.27. The van der Waals surface area contributed by atoms with E-state index in [0.717, 1.165) is 24.8 Å². The van der Waals surface area contributed by atoms with Crippen LogP contribution in [0.3, 0.4) is 0 Å². The molecular formula is C16H22O3S. The second-order valence-electron chi connectivity index (χ2n) is 5.26. The molecule has 0 fully saturated rings. The number of ether oxygens (including phenoxy) is 1. The Morgan fingerprint density at radius 1 is 1.25 bits per heavy atom. The van der Waals surface area contributed by atoms with Crippen molar-refractivity contribution in [3.63, 3.8) is 0 Å². The smallest absolute Gasteiger partial charge is 0.187 e. The standard InChI is InChI=1S/C16H22O3S/c1-3-4-6-15-16(7-5-12-19-15)20(17,18)14-10-8-13(2)9-11-14/h5,7-11,15-16H,3-4,6,12H2,1-2H3/t15-,16-/m1/s1. The Morgan fingerprint density at radius 2 is 1.95 bits per heavy atom. The molecule has 1 aromatic carbocycles. The van der Waals surface area contributed by atoms with Crippen molar-refractivity contribution in [2.45, 2.75) is 49.4 Å². The average Bonchev–Trinajstić information content (AvgIpc) is 2.46. The number of hydrogen-bond acceptors (Lipinski definition) is 3. The summed E-state index contributed by atoms with van der Waals surface area (Å²) in [4.78, 5) is 0.379. The summed E-state index contributed by atoms with van der Waals surface area (Å²) in [7, 11) is -3.37. The van der Waals surface area contributed by atoms with Crippen LogP contribution in [0.1, 0.15) is 31.7 Å². The average molecular weight is 294 g/mol. The molecular weight excluding hydrogens is 272 g/mol. The van der Waals surface area contributed by atoms with Crippen LogP contribution in [0.4, 0.5) is 0 Å². The summed E-state index contributed by atoms with van der Waals surface area (Å²) < 4.78 is 31.1. The van der Waals surface area contributed by atoms with Gasteiger partial charge in [-0.3, -0.25) is 0 Å². The monoisotopic (exact) mass is 294 g/mol. The van der Waals surface area contributed by atoms with E-state index in [4.69, 9.17) is 4.74 Å². The summed E-state index contributed by atoms with van der Waals surface area (Å²) in [5, 5.41) is -0.564. The normalized spacial score (nSPS) is 22.9. The Bertz CT molecular complexity index is 558. The number of benzene rings is 1. The maximum absolute atomic E-state index is 12.7. The van der Waals surface area contributed by atoms with Crippen molar-refractivity contribution in [2.75, 3.05) is 6.61 Å². The Labute approximate surface area is 121 Å². The second kappa shape index (κ2) is 6.55. The van der Waals surface area contributed by atoms with Crippen LogP contribution in [0.15, 0.2) is 41.3 Å². The molecule has 1 aliphatic rings. The van der Waals surface area contributed by atoms with Gasteiger partial charge in [0, 0.05) is 0 Å². The molecule has 0 radical (unpaired) electrons. The molecule has 0 unspecified atom stereocenters. The third kappa shape index (κ3) is 3.30. The van der Waals surface area contributed by atoms with Gasteiger partial charge in [-0.25, -0.2) is 8.42 Å². The first kappa shape index (κ1) is 15.3. The van der Waals surface area contributed by atoms with Crippen LogP contribution in [0.25, 0.3) is 0 Å². The van der Waals surface area contributed by atoms with Crippen LogP contribution in [0.5, 0.6) is 0 Å². The third-order valence-corrected chi connectivity index (χ3v) is 5.76. The highest BCUT2D eigenvalue weighted by atomic mass is 32.2. The molecule has 0 amide bonds. The van der Waals surface area contributed by atoms with Gasteiger partial charge in [0.2, 0.25) is 0 Å². The zero-order chi connectivity index (χ0) is 14.6. The van der Waals surface area contributed by atoms with E-state index in [1.807, 2.05) is 19.1 Å².